The van der Waals surface area contributed by atoms with Crippen LogP contribution in [0.15, 0.2) is 47.5 Å². The fourth-order valence-electron chi connectivity index (χ4n) is 3.17. The van der Waals surface area contributed by atoms with E-state index in [0.29, 0.717) is 17.7 Å². The number of nitrogens with zero attached hydrogens (tertiary/aromatic N) is 5. The minimum atomic E-state index is -0.0631. The largest absolute Gasteiger partial charge is 0.303 e. The van der Waals surface area contributed by atoms with E-state index in [1.54, 1.807) is 17.8 Å². The minimum absolute atomic E-state index is 0.0631. The number of fused-ring (bicyclic) bond motifs is 3. The molecule has 7 heteroatoms. The Kier molecular flexibility index (Phi) is 4.00. The van der Waals surface area contributed by atoms with E-state index in [-0.39, 0.29) is 11.6 Å². The van der Waals surface area contributed by atoms with Crippen LogP contribution in [0.5, 0.6) is 0 Å². The molecule has 0 radical (unpaired) electrons. The van der Waals surface area contributed by atoms with Crippen LogP contribution in [0.25, 0.3) is 16.7 Å². The zero-order chi connectivity index (χ0) is 18.3. The molecule has 1 N–H and O–H groups in total. The Bertz CT molecular complexity index is 1150. The van der Waals surface area contributed by atoms with Gasteiger partial charge in [0.1, 0.15) is 0 Å². The van der Waals surface area contributed by atoms with Gasteiger partial charge in [0.15, 0.2) is 5.82 Å². The predicted octanol–water partition coefficient (Wildman–Crippen LogP) is 2.14. The summed E-state index contributed by atoms with van der Waals surface area (Å²) in [6.07, 6.45) is 3.61. The predicted molar refractivity (Wildman–Crippen MR) is 100.0 cm³/mol. The van der Waals surface area contributed by atoms with Gasteiger partial charge in [-0.3, -0.25) is 18.7 Å². The summed E-state index contributed by atoms with van der Waals surface area (Å²) in [6.45, 7) is 4.59. The van der Waals surface area contributed by atoms with Crippen molar-refractivity contribution >= 4 is 16.7 Å². The normalized spacial score (nSPS) is 12.7. The van der Waals surface area contributed by atoms with E-state index in [1.807, 2.05) is 47.9 Å². The quantitative estimate of drug-likeness (QED) is 0.611. The van der Waals surface area contributed by atoms with Crippen molar-refractivity contribution in [3.8, 4) is 0 Å². The summed E-state index contributed by atoms with van der Waals surface area (Å²) in [5.41, 5.74) is 2.91. The Morgan fingerprint density at radius 1 is 1.23 bits per heavy atom. The van der Waals surface area contributed by atoms with E-state index in [4.69, 9.17) is 0 Å². The molecular weight excluding hydrogens is 328 g/mol. The van der Waals surface area contributed by atoms with Gasteiger partial charge in [-0.05, 0) is 37.6 Å². The monoisotopic (exact) mass is 348 g/mol. The molecule has 3 heterocycles. The third-order valence-electron chi connectivity index (χ3n) is 4.69. The fraction of sp³-hybridized carbons (Fsp3) is 0.263. The van der Waals surface area contributed by atoms with Crippen LogP contribution in [0, 0.1) is 6.92 Å². The van der Waals surface area contributed by atoms with Crippen LogP contribution in [0.1, 0.15) is 29.9 Å². The Hall–Kier alpha value is -3.06. The highest BCUT2D eigenvalue weighted by Gasteiger charge is 2.15. The summed E-state index contributed by atoms with van der Waals surface area (Å²) in [5.74, 6) is 1.30. The van der Waals surface area contributed by atoms with E-state index in [9.17, 15) is 4.79 Å². The van der Waals surface area contributed by atoms with Crippen LogP contribution < -0.4 is 10.9 Å². The Morgan fingerprint density at radius 2 is 2.08 bits per heavy atom. The van der Waals surface area contributed by atoms with Gasteiger partial charge in [0.05, 0.1) is 17.4 Å². The summed E-state index contributed by atoms with van der Waals surface area (Å²) < 4.78 is 3.49. The molecule has 0 spiro atoms. The summed E-state index contributed by atoms with van der Waals surface area (Å²) >= 11 is 0. The van der Waals surface area contributed by atoms with Crippen molar-refractivity contribution in [3.63, 3.8) is 0 Å². The molecule has 1 atom stereocenters. The van der Waals surface area contributed by atoms with Crippen LogP contribution in [0.2, 0.25) is 0 Å². The van der Waals surface area contributed by atoms with Crippen molar-refractivity contribution in [3.05, 3.63) is 70.0 Å². The molecule has 0 amide bonds. The van der Waals surface area contributed by atoms with Crippen LogP contribution in [0.4, 0.5) is 0 Å². The van der Waals surface area contributed by atoms with Gasteiger partial charge < -0.3 is 5.32 Å². The molecule has 0 bridgehead atoms. The third kappa shape index (κ3) is 2.66. The molecule has 3 aromatic heterocycles. The van der Waals surface area contributed by atoms with Crippen molar-refractivity contribution in [1.82, 2.24) is 29.5 Å². The smallest absolute Gasteiger partial charge is 0.262 e. The summed E-state index contributed by atoms with van der Waals surface area (Å²) in [6, 6.07) is 9.94. The number of rotatable bonds is 4. The van der Waals surface area contributed by atoms with Gasteiger partial charge in [-0.2, -0.15) is 0 Å². The van der Waals surface area contributed by atoms with Gasteiger partial charge >= 0.3 is 0 Å². The van der Waals surface area contributed by atoms with Crippen molar-refractivity contribution in [1.29, 1.82) is 0 Å². The van der Waals surface area contributed by atoms with Gasteiger partial charge in [0, 0.05) is 25.5 Å². The molecule has 26 heavy (non-hydrogen) atoms. The number of nitrogens with one attached hydrogen (secondary N) is 1. The van der Waals surface area contributed by atoms with E-state index in [1.165, 1.54) is 0 Å². The third-order valence-corrected chi connectivity index (χ3v) is 4.69. The summed E-state index contributed by atoms with van der Waals surface area (Å²) in [7, 11) is 1.73. The van der Waals surface area contributed by atoms with Gasteiger partial charge in [-0.15, -0.1) is 10.2 Å². The molecule has 0 saturated heterocycles. The van der Waals surface area contributed by atoms with Crippen LogP contribution >= 0.6 is 0 Å². The lowest BCUT2D eigenvalue weighted by Gasteiger charge is -2.13. The highest BCUT2D eigenvalue weighted by molar-refractivity contribution is 5.81. The van der Waals surface area contributed by atoms with Gasteiger partial charge in [0.25, 0.3) is 5.56 Å². The molecule has 7 nitrogen and oxygen atoms in total. The van der Waals surface area contributed by atoms with E-state index >= 15 is 0 Å². The molecule has 0 saturated carbocycles. The SMILES string of the molecule is Cc1ccc2c(c1)c(=O)n(C)c1nnc(CNC(C)c3cccnc3)n21. The molecule has 0 fully saturated rings. The van der Waals surface area contributed by atoms with Crippen molar-refractivity contribution in [2.45, 2.75) is 26.4 Å². The number of hydrogen-bond acceptors (Lipinski definition) is 5. The average Bonchev–Trinajstić information content (AvgIpc) is 3.09. The highest BCUT2D eigenvalue weighted by atomic mass is 16.1. The van der Waals surface area contributed by atoms with E-state index < -0.39 is 0 Å². The molecule has 0 aliphatic carbocycles. The maximum Gasteiger partial charge on any atom is 0.262 e. The second kappa shape index (κ2) is 6.34. The van der Waals surface area contributed by atoms with E-state index in [0.717, 1.165) is 22.5 Å². The standard InChI is InChI=1S/C19H20N6O/c1-12-6-7-16-15(9-12)18(26)24(3)19-23-22-17(25(16)19)11-21-13(2)14-5-4-8-20-10-14/h4-10,13,21H,11H2,1-3H3. The molecule has 0 aliphatic rings. The Balaban J connectivity index is 1.77. The lowest BCUT2D eigenvalue weighted by Crippen LogP contribution is -2.22. The maximum atomic E-state index is 12.6. The fourth-order valence-corrected chi connectivity index (χ4v) is 3.17. The number of benzene rings is 1. The first kappa shape index (κ1) is 16.4. The number of pyridine rings is 1. The van der Waals surface area contributed by atoms with E-state index in [2.05, 4.69) is 27.4 Å². The van der Waals surface area contributed by atoms with Crippen molar-refractivity contribution < 1.29 is 0 Å². The lowest BCUT2D eigenvalue weighted by atomic mass is 10.1. The lowest BCUT2D eigenvalue weighted by molar-refractivity contribution is 0.556. The minimum Gasteiger partial charge on any atom is -0.303 e. The zero-order valence-electron chi connectivity index (χ0n) is 15.0. The second-order valence-corrected chi connectivity index (χ2v) is 6.53. The zero-order valence-corrected chi connectivity index (χ0v) is 15.0. The first-order chi connectivity index (χ1) is 12.6. The van der Waals surface area contributed by atoms with Crippen molar-refractivity contribution in [2.24, 2.45) is 7.05 Å². The molecule has 4 rings (SSSR count). The number of aromatic nitrogens is 5. The Morgan fingerprint density at radius 3 is 2.85 bits per heavy atom. The molecule has 1 unspecified atom stereocenters. The molecular formula is C19H20N6O. The van der Waals surface area contributed by atoms with Crippen molar-refractivity contribution in [2.75, 3.05) is 0 Å². The molecule has 0 aliphatic heterocycles. The highest BCUT2D eigenvalue weighted by Crippen LogP contribution is 2.17. The van der Waals surface area contributed by atoms with Crippen LogP contribution in [-0.4, -0.2) is 24.1 Å². The molecule has 1 aromatic carbocycles. The van der Waals surface area contributed by atoms with Crippen LogP contribution in [-0.2, 0) is 13.6 Å². The molecule has 132 valence electrons. The number of aryl methyl sites for hydroxylation is 2. The summed E-state index contributed by atoms with van der Waals surface area (Å²) in [5, 5.41) is 12.7. The second-order valence-electron chi connectivity index (χ2n) is 6.53. The van der Waals surface area contributed by atoms with Gasteiger partial charge in [-0.1, -0.05) is 17.7 Å². The first-order valence-electron chi connectivity index (χ1n) is 8.53. The number of hydrogen-bond donors (Lipinski definition) is 1. The molecule has 4 aromatic rings. The average molecular weight is 348 g/mol. The van der Waals surface area contributed by atoms with Crippen LogP contribution in [0.3, 0.4) is 0 Å². The topological polar surface area (TPSA) is 77.1 Å². The maximum absolute atomic E-state index is 12.6. The van der Waals surface area contributed by atoms with Gasteiger partial charge in [0.2, 0.25) is 5.78 Å². The van der Waals surface area contributed by atoms with Gasteiger partial charge in [-0.25, -0.2) is 0 Å². The Labute approximate surface area is 150 Å². The first-order valence-corrected chi connectivity index (χ1v) is 8.53. The summed E-state index contributed by atoms with van der Waals surface area (Å²) in [4.78, 5) is 16.8.